The van der Waals surface area contributed by atoms with Crippen molar-refractivity contribution in [1.82, 2.24) is 4.98 Å². The molecule has 0 fully saturated rings. The summed E-state index contributed by atoms with van der Waals surface area (Å²) in [7, 11) is 1.87. The van der Waals surface area contributed by atoms with E-state index in [1.165, 1.54) is 0 Å². The van der Waals surface area contributed by atoms with Crippen LogP contribution in [0.5, 0.6) is 0 Å². The first-order valence-electron chi connectivity index (χ1n) is 9.98. The molecule has 0 atom stereocenters. The molecule has 0 aliphatic rings. The second kappa shape index (κ2) is 8.26. The van der Waals surface area contributed by atoms with Crippen LogP contribution in [-0.2, 0) is 0 Å². The molecule has 1 aromatic heterocycles. The van der Waals surface area contributed by atoms with Crippen LogP contribution in [0, 0.1) is 0 Å². The minimum absolute atomic E-state index is 0.665. The largest absolute Gasteiger partial charge is 0.396 e. The Kier molecular flexibility index (Phi) is 5.36. The number of aromatic nitrogens is 1. The van der Waals surface area contributed by atoms with Crippen molar-refractivity contribution in [2.45, 2.75) is 6.92 Å². The van der Waals surface area contributed by atoms with Crippen molar-refractivity contribution < 1.29 is 0 Å². The molecule has 4 aromatic rings. The highest BCUT2D eigenvalue weighted by Gasteiger charge is 2.15. The molecule has 3 nitrogen and oxygen atoms in total. The Balaban J connectivity index is 2.00. The minimum Gasteiger partial charge on any atom is -0.396 e. The number of fused-ring (bicyclic) bond motifs is 1. The fraction of sp³-hybridized carbons (Fsp3) is 0.0741. The third-order valence-electron chi connectivity index (χ3n) is 5.13. The normalized spacial score (nSPS) is 11.5. The Labute approximate surface area is 177 Å². The lowest BCUT2D eigenvalue weighted by Crippen LogP contribution is -2.01. The van der Waals surface area contributed by atoms with Gasteiger partial charge in [-0.3, -0.25) is 0 Å². The molecular weight excluding hydrogens is 366 g/mol. The maximum atomic E-state index is 6.74. The first-order chi connectivity index (χ1) is 14.6. The van der Waals surface area contributed by atoms with Gasteiger partial charge in [0.1, 0.15) is 5.82 Å². The number of allylic oxidation sites excluding steroid dienone is 2. The van der Waals surface area contributed by atoms with Gasteiger partial charge in [-0.1, -0.05) is 91.0 Å². The van der Waals surface area contributed by atoms with Crippen LogP contribution in [0.1, 0.15) is 18.1 Å². The molecule has 3 N–H and O–H groups in total. The van der Waals surface area contributed by atoms with Crippen LogP contribution in [0.4, 0.5) is 11.5 Å². The Morgan fingerprint density at radius 3 is 2.27 bits per heavy atom. The van der Waals surface area contributed by atoms with Crippen molar-refractivity contribution in [2.75, 3.05) is 18.1 Å². The zero-order valence-electron chi connectivity index (χ0n) is 17.3. The van der Waals surface area contributed by atoms with E-state index < -0.39 is 0 Å². The first-order valence-corrected chi connectivity index (χ1v) is 9.98. The molecule has 0 saturated heterocycles. The van der Waals surface area contributed by atoms with Gasteiger partial charge in [0, 0.05) is 18.0 Å². The van der Waals surface area contributed by atoms with Gasteiger partial charge in [0.2, 0.25) is 0 Å². The molecule has 0 bridgehead atoms. The van der Waals surface area contributed by atoms with Crippen LogP contribution < -0.4 is 11.1 Å². The van der Waals surface area contributed by atoms with Gasteiger partial charge in [0.05, 0.1) is 11.2 Å². The van der Waals surface area contributed by atoms with Crippen molar-refractivity contribution in [1.29, 1.82) is 0 Å². The third-order valence-corrected chi connectivity index (χ3v) is 5.13. The van der Waals surface area contributed by atoms with Gasteiger partial charge < -0.3 is 11.1 Å². The maximum Gasteiger partial charge on any atom is 0.127 e. The summed E-state index contributed by atoms with van der Waals surface area (Å²) in [4.78, 5) is 4.81. The van der Waals surface area contributed by atoms with E-state index in [4.69, 9.17) is 10.7 Å². The zero-order valence-corrected chi connectivity index (χ0v) is 17.3. The quantitative estimate of drug-likeness (QED) is 0.300. The molecule has 4 rings (SSSR count). The summed E-state index contributed by atoms with van der Waals surface area (Å²) in [6.07, 6.45) is 2.08. The van der Waals surface area contributed by atoms with E-state index in [-0.39, 0.29) is 0 Å². The molecule has 0 unspecified atom stereocenters. The highest BCUT2D eigenvalue weighted by molar-refractivity contribution is 6.05. The number of pyridine rings is 1. The summed E-state index contributed by atoms with van der Waals surface area (Å²) in [5, 5.41) is 4.21. The van der Waals surface area contributed by atoms with Crippen molar-refractivity contribution >= 4 is 28.0 Å². The van der Waals surface area contributed by atoms with E-state index in [1.54, 1.807) is 0 Å². The van der Waals surface area contributed by atoms with Gasteiger partial charge in [-0.15, -0.1) is 0 Å². The lowest BCUT2D eigenvalue weighted by molar-refractivity contribution is 1.34. The standard InChI is InChI=1S/C27H25N3/c1-18(2)16-23(19-10-6-4-7-11-19)21-14-15-22-24(20-12-8-5-9-13-20)17-25(29-3)30-27(22)26(21)28/h4-17H,1,28H2,2-3H3,(H,29,30)/b23-16-. The van der Waals surface area contributed by atoms with E-state index in [0.29, 0.717) is 5.69 Å². The van der Waals surface area contributed by atoms with E-state index >= 15 is 0 Å². The van der Waals surface area contributed by atoms with E-state index in [2.05, 4.69) is 60.4 Å². The number of nitrogens with one attached hydrogen (secondary N) is 1. The van der Waals surface area contributed by atoms with Crippen molar-refractivity contribution in [3.05, 3.63) is 108 Å². The summed E-state index contributed by atoms with van der Waals surface area (Å²) >= 11 is 0. The number of nitrogens with zero attached hydrogens (tertiary/aromatic N) is 1. The lowest BCUT2D eigenvalue weighted by atomic mass is 9.92. The first kappa shape index (κ1) is 19.5. The Hall–Kier alpha value is -3.85. The Morgan fingerprint density at radius 1 is 0.967 bits per heavy atom. The molecule has 1 heterocycles. The van der Waals surface area contributed by atoms with Crippen LogP contribution in [0.3, 0.4) is 0 Å². The fourth-order valence-corrected chi connectivity index (χ4v) is 3.71. The smallest absolute Gasteiger partial charge is 0.127 e. The average molecular weight is 392 g/mol. The molecule has 0 aliphatic carbocycles. The van der Waals surface area contributed by atoms with E-state index in [1.807, 2.05) is 50.4 Å². The predicted octanol–water partition coefficient (Wildman–Crippen LogP) is 6.53. The molecule has 3 aromatic carbocycles. The second-order valence-corrected chi connectivity index (χ2v) is 7.36. The summed E-state index contributed by atoms with van der Waals surface area (Å²) < 4.78 is 0. The Morgan fingerprint density at radius 2 is 1.63 bits per heavy atom. The van der Waals surface area contributed by atoms with Crippen LogP contribution in [0.15, 0.2) is 97.1 Å². The van der Waals surface area contributed by atoms with Gasteiger partial charge in [-0.05, 0) is 35.3 Å². The van der Waals surface area contributed by atoms with E-state index in [0.717, 1.165) is 50.1 Å². The summed E-state index contributed by atoms with van der Waals surface area (Å²) in [6, 6.07) is 26.8. The number of nitrogens with two attached hydrogens (primary N) is 1. The molecule has 0 amide bonds. The van der Waals surface area contributed by atoms with Crippen molar-refractivity contribution in [3.8, 4) is 11.1 Å². The average Bonchev–Trinajstić information content (AvgIpc) is 2.78. The fourth-order valence-electron chi connectivity index (χ4n) is 3.71. The van der Waals surface area contributed by atoms with Crippen LogP contribution in [0.2, 0.25) is 0 Å². The third kappa shape index (κ3) is 3.70. The minimum atomic E-state index is 0.665. The molecule has 148 valence electrons. The molecular formula is C27H25N3. The van der Waals surface area contributed by atoms with Crippen molar-refractivity contribution in [3.63, 3.8) is 0 Å². The maximum absolute atomic E-state index is 6.74. The summed E-state index contributed by atoms with van der Waals surface area (Å²) in [5.74, 6) is 0.787. The van der Waals surface area contributed by atoms with Gasteiger partial charge in [-0.2, -0.15) is 0 Å². The second-order valence-electron chi connectivity index (χ2n) is 7.36. The monoisotopic (exact) mass is 391 g/mol. The molecule has 0 aliphatic heterocycles. The number of rotatable bonds is 5. The molecule has 0 saturated carbocycles. The van der Waals surface area contributed by atoms with Crippen LogP contribution in [-0.4, -0.2) is 12.0 Å². The van der Waals surface area contributed by atoms with Crippen LogP contribution >= 0.6 is 0 Å². The van der Waals surface area contributed by atoms with Gasteiger partial charge in [-0.25, -0.2) is 4.98 Å². The van der Waals surface area contributed by atoms with Crippen LogP contribution in [0.25, 0.3) is 27.6 Å². The number of benzene rings is 3. The number of anilines is 2. The van der Waals surface area contributed by atoms with Crippen molar-refractivity contribution in [2.24, 2.45) is 0 Å². The van der Waals surface area contributed by atoms with Gasteiger partial charge in [0.15, 0.2) is 0 Å². The highest BCUT2D eigenvalue weighted by atomic mass is 15.0. The zero-order chi connectivity index (χ0) is 21.1. The highest BCUT2D eigenvalue weighted by Crippen LogP contribution is 2.38. The number of hydrogen-bond donors (Lipinski definition) is 2. The van der Waals surface area contributed by atoms with E-state index in [9.17, 15) is 0 Å². The topological polar surface area (TPSA) is 50.9 Å². The summed E-state index contributed by atoms with van der Waals surface area (Å²) in [6.45, 7) is 6.07. The molecule has 0 spiro atoms. The lowest BCUT2D eigenvalue weighted by Gasteiger charge is -2.16. The molecule has 3 heteroatoms. The SMILES string of the molecule is C=C(C)/C=C(/c1ccccc1)c1ccc2c(-c3ccccc3)cc(NC)nc2c1N. The molecule has 30 heavy (non-hydrogen) atoms. The number of hydrogen-bond acceptors (Lipinski definition) is 3. The Bertz CT molecular complexity index is 1240. The predicted molar refractivity (Wildman–Crippen MR) is 129 cm³/mol. The molecule has 0 radical (unpaired) electrons. The van der Waals surface area contributed by atoms with Gasteiger partial charge >= 0.3 is 0 Å². The summed E-state index contributed by atoms with van der Waals surface area (Å²) in [5.41, 5.74) is 14.5. The number of nitrogen functional groups attached to an aromatic ring is 1. The van der Waals surface area contributed by atoms with Gasteiger partial charge in [0.25, 0.3) is 0 Å².